The Morgan fingerprint density at radius 2 is 1.91 bits per heavy atom. The van der Waals surface area contributed by atoms with Crippen LogP contribution in [-0.2, 0) is 20.9 Å². The highest BCUT2D eigenvalue weighted by atomic mass is 16.6. The quantitative estimate of drug-likeness (QED) is 0.453. The zero-order valence-corrected chi connectivity index (χ0v) is 19.1. The third-order valence-corrected chi connectivity index (χ3v) is 5.85. The topological polar surface area (TPSA) is 62.6 Å². The van der Waals surface area contributed by atoms with Crippen LogP contribution in [0.4, 0.5) is 0 Å². The van der Waals surface area contributed by atoms with Crippen molar-refractivity contribution < 1.29 is 19.0 Å². The highest BCUT2D eigenvalue weighted by Crippen LogP contribution is 2.31. The van der Waals surface area contributed by atoms with Gasteiger partial charge in [-0.2, -0.15) is 5.10 Å². The second kappa shape index (κ2) is 9.17. The molecule has 1 aliphatic rings. The number of para-hydroxylation sites is 1. The summed E-state index contributed by atoms with van der Waals surface area (Å²) in [5.41, 5.74) is 3.72. The van der Waals surface area contributed by atoms with Gasteiger partial charge in [0.15, 0.2) is 5.60 Å². The molecule has 6 heteroatoms. The number of benzene rings is 2. The van der Waals surface area contributed by atoms with Crippen molar-refractivity contribution in [3.63, 3.8) is 0 Å². The van der Waals surface area contributed by atoms with Gasteiger partial charge in [0.2, 0.25) is 0 Å². The van der Waals surface area contributed by atoms with Crippen LogP contribution in [0.2, 0.25) is 0 Å². The van der Waals surface area contributed by atoms with Crippen LogP contribution < -0.4 is 4.74 Å². The van der Waals surface area contributed by atoms with Crippen LogP contribution in [0.25, 0.3) is 16.9 Å². The molecule has 0 amide bonds. The van der Waals surface area contributed by atoms with E-state index in [0.29, 0.717) is 6.10 Å². The maximum atomic E-state index is 12.0. The number of hydrogen-bond acceptors (Lipinski definition) is 5. The molecule has 0 bridgehead atoms. The lowest BCUT2D eigenvalue weighted by atomic mass is 9.96. The number of ether oxygens (including phenoxy) is 3. The first kappa shape index (κ1) is 22.1. The van der Waals surface area contributed by atoms with Crippen molar-refractivity contribution in [1.29, 1.82) is 0 Å². The van der Waals surface area contributed by atoms with Gasteiger partial charge in [0.05, 0.1) is 36.9 Å². The van der Waals surface area contributed by atoms with Gasteiger partial charge in [-0.3, -0.25) is 0 Å². The number of nitrogens with zero attached hydrogens (tertiary/aromatic N) is 2. The predicted molar refractivity (Wildman–Crippen MR) is 123 cm³/mol. The fourth-order valence-corrected chi connectivity index (χ4v) is 3.66. The Hall–Kier alpha value is -3.12. The van der Waals surface area contributed by atoms with E-state index in [0.717, 1.165) is 46.8 Å². The summed E-state index contributed by atoms with van der Waals surface area (Å²) in [6.07, 6.45) is 3.78. The van der Waals surface area contributed by atoms with Gasteiger partial charge >= 0.3 is 5.97 Å². The summed E-state index contributed by atoms with van der Waals surface area (Å²) in [5.74, 6) is 0.450. The molecule has 0 radical (unpaired) electrons. The zero-order valence-electron chi connectivity index (χ0n) is 19.1. The van der Waals surface area contributed by atoms with Gasteiger partial charge in [0.1, 0.15) is 5.75 Å². The van der Waals surface area contributed by atoms with Crippen molar-refractivity contribution >= 4 is 5.97 Å². The second-order valence-electron chi connectivity index (χ2n) is 8.71. The van der Waals surface area contributed by atoms with E-state index in [9.17, 15) is 4.79 Å². The molecule has 0 saturated heterocycles. The van der Waals surface area contributed by atoms with Crippen molar-refractivity contribution in [2.45, 2.75) is 58.3 Å². The molecule has 0 atom stereocenters. The summed E-state index contributed by atoms with van der Waals surface area (Å²) in [5, 5.41) is 4.82. The summed E-state index contributed by atoms with van der Waals surface area (Å²) in [4.78, 5) is 12.0. The van der Waals surface area contributed by atoms with E-state index >= 15 is 0 Å². The van der Waals surface area contributed by atoms with Crippen molar-refractivity contribution in [2.75, 3.05) is 7.11 Å². The summed E-state index contributed by atoms with van der Waals surface area (Å²) in [6, 6.07) is 18.3. The maximum Gasteiger partial charge on any atom is 0.337 e. The molecule has 0 spiro atoms. The average Bonchev–Trinajstić information content (AvgIpc) is 3.19. The molecule has 0 N–H and O–H groups in total. The average molecular weight is 435 g/mol. The van der Waals surface area contributed by atoms with Crippen LogP contribution in [-0.4, -0.2) is 34.6 Å². The molecule has 3 aromatic rings. The molecule has 168 valence electrons. The third-order valence-electron chi connectivity index (χ3n) is 5.85. The minimum Gasteiger partial charge on any atom is -0.490 e. The lowest BCUT2D eigenvalue weighted by Crippen LogP contribution is -2.35. The van der Waals surface area contributed by atoms with Gasteiger partial charge in [-0.05, 0) is 69.9 Å². The smallest absolute Gasteiger partial charge is 0.337 e. The van der Waals surface area contributed by atoms with Crippen LogP contribution in [0.1, 0.15) is 44.4 Å². The van der Waals surface area contributed by atoms with Crippen LogP contribution in [0, 0.1) is 6.92 Å². The lowest BCUT2D eigenvalue weighted by Gasteiger charge is -2.26. The molecule has 1 fully saturated rings. The van der Waals surface area contributed by atoms with Crippen molar-refractivity contribution in [1.82, 2.24) is 9.78 Å². The number of carbonyl (C=O) groups is 1. The standard InChI is InChI=1S/C26H30N2O4/c1-18-9-5-6-14-23(18)28-24(16-20(27-28)17-31-26(2,3)25(29)30-4)19-10-7-13-22(15-19)32-21-11-8-12-21/h5-7,9-10,13-16,21H,8,11-12,17H2,1-4H3. The summed E-state index contributed by atoms with van der Waals surface area (Å²) in [6.45, 7) is 5.64. The predicted octanol–water partition coefficient (Wildman–Crippen LogP) is 5.25. The van der Waals surface area contributed by atoms with Crippen LogP contribution in [0.15, 0.2) is 54.6 Å². The first-order valence-electron chi connectivity index (χ1n) is 11.0. The van der Waals surface area contributed by atoms with Gasteiger partial charge in [0, 0.05) is 5.56 Å². The second-order valence-corrected chi connectivity index (χ2v) is 8.71. The first-order chi connectivity index (χ1) is 15.4. The molecule has 0 aliphatic heterocycles. The molecule has 1 aliphatic carbocycles. The number of rotatable bonds is 8. The summed E-state index contributed by atoms with van der Waals surface area (Å²) in [7, 11) is 1.36. The Bertz CT molecular complexity index is 1100. The van der Waals surface area contributed by atoms with Crippen molar-refractivity contribution in [3.05, 3.63) is 65.9 Å². The molecular formula is C26H30N2O4. The van der Waals surface area contributed by atoms with E-state index in [1.165, 1.54) is 13.5 Å². The molecular weight excluding hydrogens is 404 g/mol. The van der Waals surface area contributed by atoms with Gasteiger partial charge in [-0.15, -0.1) is 0 Å². The number of aromatic nitrogens is 2. The van der Waals surface area contributed by atoms with Crippen LogP contribution >= 0.6 is 0 Å². The Kier molecular flexibility index (Phi) is 6.33. The minimum atomic E-state index is -1.06. The number of aryl methyl sites for hydroxylation is 1. The molecule has 6 nitrogen and oxygen atoms in total. The normalized spacial score (nSPS) is 14.1. The fourth-order valence-electron chi connectivity index (χ4n) is 3.66. The Labute approximate surface area is 189 Å². The lowest BCUT2D eigenvalue weighted by molar-refractivity contribution is -0.166. The van der Waals surface area contributed by atoms with Gasteiger partial charge in [0.25, 0.3) is 0 Å². The molecule has 0 unspecified atom stereocenters. The summed E-state index contributed by atoms with van der Waals surface area (Å²) < 4.78 is 18.7. The molecule has 1 aromatic heterocycles. The number of esters is 1. The maximum absolute atomic E-state index is 12.0. The van der Waals surface area contributed by atoms with E-state index in [2.05, 4.69) is 25.1 Å². The largest absolute Gasteiger partial charge is 0.490 e. The van der Waals surface area contributed by atoms with Crippen LogP contribution in [0.3, 0.4) is 0 Å². The van der Waals surface area contributed by atoms with Crippen LogP contribution in [0.5, 0.6) is 5.75 Å². The third kappa shape index (κ3) is 4.70. The molecule has 1 heterocycles. The Balaban J connectivity index is 1.68. The highest BCUT2D eigenvalue weighted by molar-refractivity contribution is 5.78. The minimum absolute atomic E-state index is 0.187. The van der Waals surface area contributed by atoms with E-state index in [1.54, 1.807) is 13.8 Å². The van der Waals surface area contributed by atoms with E-state index in [-0.39, 0.29) is 6.61 Å². The monoisotopic (exact) mass is 434 g/mol. The number of hydrogen-bond donors (Lipinski definition) is 0. The van der Waals surface area contributed by atoms with Crippen molar-refractivity contribution in [2.24, 2.45) is 0 Å². The highest BCUT2D eigenvalue weighted by Gasteiger charge is 2.30. The van der Waals surface area contributed by atoms with E-state index < -0.39 is 11.6 Å². The Morgan fingerprint density at radius 3 is 2.59 bits per heavy atom. The number of methoxy groups -OCH3 is 1. The van der Waals surface area contributed by atoms with Crippen molar-refractivity contribution in [3.8, 4) is 22.7 Å². The fraction of sp³-hybridized carbons (Fsp3) is 0.385. The van der Waals surface area contributed by atoms with Gasteiger partial charge < -0.3 is 14.2 Å². The molecule has 4 rings (SSSR count). The zero-order chi connectivity index (χ0) is 22.7. The molecule has 32 heavy (non-hydrogen) atoms. The van der Waals surface area contributed by atoms with E-state index in [4.69, 9.17) is 19.3 Å². The van der Waals surface area contributed by atoms with Gasteiger partial charge in [-0.25, -0.2) is 9.48 Å². The SMILES string of the molecule is COC(=O)C(C)(C)OCc1cc(-c2cccc(OC3CCC3)c2)n(-c2ccccc2C)n1. The molecule has 1 saturated carbocycles. The first-order valence-corrected chi connectivity index (χ1v) is 11.0. The summed E-state index contributed by atoms with van der Waals surface area (Å²) >= 11 is 0. The van der Waals surface area contributed by atoms with E-state index in [1.807, 2.05) is 41.1 Å². The number of carbonyl (C=O) groups excluding carboxylic acids is 1. The molecule has 2 aromatic carbocycles. The van der Waals surface area contributed by atoms with Gasteiger partial charge in [-0.1, -0.05) is 30.3 Å². The Morgan fingerprint density at radius 1 is 1.12 bits per heavy atom.